The normalized spacial score (nSPS) is 15.3. The van der Waals surface area contributed by atoms with Gasteiger partial charge in [-0.25, -0.2) is 4.98 Å². The van der Waals surface area contributed by atoms with Gasteiger partial charge in [0.1, 0.15) is 4.88 Å². The van der Waals surface area contributed by atoms with Gasteiger partial charge in [0, 0.05) is 18.2 Å². The summed E-state index contributed by atoms with van der Waals surface area (Å²) in [7, 11) is 0. The van der Waals surface area contributed by atoms with Crippen LogP contribution in [0.4, 0.5) is 0 Å². The van der Waals surface area contributed by atoms with E-state index in [2.05, 4.69) is 10.3 Å². The highest BCUT2D eigenvalue weighted by Crippen LogP contribution is 2.37. The number of aryl methyl sites for hydroxylation is 1. The minimum absolute atomic E-state index is 0.0707. The van der Waals surface area contributed by atoms with Crippen LogP contribution in [-0.2, 0) is 4.79 Å². The predicted molar refractivity (Wildman–Crippen MR) is 85.4 cm³/mol. The maximum Gasteiger partial charge on any atom is 0.313 e. The first-order chi connectivity index (χ1) is 10.1. The van der Waals surface area contributed by atoms with Crippen LogP contribution in [0.25, 0.3) is 0 Å². The summed E-state index contributed by atoms with van der Waals surface area (Å²) in [5.41, 5.74) is 0.803. The number of nitrogens with one attached hydrogen (secondary N) is 1. The van der Waals surface area contributed by atoms with E-state index in [1.54, 1.807) is 0 Å². The van der Waals surface area contributed by atoms with Crippen LogP contribution in [0.5, 0.6) is 0 Å². The minimum Gasteiger partial charge on any atom is -0.481 e. The lowest BCUT2D eigenvalue weighted by molar-refractivity contribution is -0.133. The van der Waals surface area contributed by atoms with E-state index in [4.69, 9.17) is 5.11 Å². The number of aromatic nitrogens is 1. The Kier molecular flexibility index (Phi) is 6.05. The number of carboxylic acids is 1. The number of carboxylic acid groups (broad SMARTS) is 1. The second-order valence-electron chi connectivity index (χ2n) is 5.15. The van der Waals surface area contributed by atoms with Gasteiger partial charge in [0.05, 0.1) is 16.5 Å². The summed E-state index contributed by atoms with van der Waals surface area (Å²) in [6.45, 7) is 2.36. The average molecular weight is 328 g/mol. The molecule has 1 saturated carbocycles. The Balaban J connectivity index is 1.83. The van der Waals surface area contributed by atoms with Crippen LogP contribution in [0.3, 0.4) is 0 Å². The number of thioether (sulfide) groups is 1. The molecular weight excluding hydrogens is 308 g/mol. The van der Waals surface area contributed by atoms with Crippen molar-refractivity contribution in [3.05, 3.63) is 15.6 Å². The Bertz CT molecular complexity index is 510. The molecule has 1 aliphatic carbocycles. The van der Waals surface area contributed by atoms with E-state index in [9.17, 15) is 9.59 Å². The molecule has 0 aliphatic heterocycles. The summed E-state index contributed by atoms with van der Waals surface area (Å²) in [4.78, 5) is 27.8. The van der Waals surface area contributed by atoms with Crippen LogP contribution in [0, 0.1) is 6.92 Å². The number of amides is 1. The van der Waals surface area contributed by atoms with Crippen molar-refractivity contribution in [2.75, 3.05) is 18.1 Å². The van der Waals surface area contributed by atoms with Crippen LogP contribution in [0.2, 0.25) is 0 Å². The molecule has 1 amide bonds. The number of carbonyl (C=O) groups is 2. The lowest BCUT2D eigenvalue weighted by Crippen LogP contribution is -2.25. The van der Waals surface area contributed by atoms with Crippen molar-refractivity contribution >= 4 is 35.0 Å². The molecule has 0 unspecified atom stereocenters. The summed E-state index contributed by atoms with van der Waals surface area (Å²) in [6.07, 6.45) is 4.87. The van der Waals surface area contributed by atoms with E-state index in [-0.39, 0.29) is 11.7 Å². The van der Waals surface area contributed by atoms with Crippen molar-refractivity contribution < 1.29 is 14.7 Å². The van der Waals surface area contributed by atoms with Gasteiger partial charge in [-0.3, -0.25) is 9.59 Å². The fourth-order valence-electron chi connectivity index (χ4n) is 2.45. The van der Waals surface area contributed by atoms with Gasteiger partial charge < -0.3 is 10.4 Å². The van der Waals surface area contributed by atoms with Crippen molar-refractivity contribution in [3.8, 4) is 0 Å². The Morgan fingerprint density at radius 2 is 2.14 bits per heavy atom. The van der Waals surface area contributed by atoms with Crippen LogP contribution in [0.15, 0.2) is 0 Å². The molecule has 116 valence electrons. The molecule has 0 radical (unpaired) electrons. The van der Waals surface area contributed by atoms with Gasteiger partial charge in [0.2, 0.25) is 0 Å². The molecule has 1 aromatic heterocycles. The van der Waals surface area contributed by atoms with Gasteiger partial charge >= 0.3 is 5.97 Å². The number of thiazole rings is 1. The Morgan fingerprint density at radius 3 is 2.81 bits per heavy atom. The predicted octanol–water partition coefficient (Wildman–Crippen LogP) is 2.66. The van der Waals surface area contributed by atoms with E-state index < -0.39 is 5.97 Å². The molecule has 0 atom stereocenters. The minimum atomic E-state index is -0.828. The summed E-state index contributed by atoms with van der Waals surface area (Å²) >= 11 is 2.81. The van der Waals surface area contributed by atoms with Gasteiger partial charge in [-0.1, -0.05) is 12.8 Å². The first kappa shape index (κ1) is 16.3. The maximum atomic E-state index is 12.1. The molecule has 0 aromatic carbocycles. The second kappa shape index (κ2) is 7.79. The molecule has 1 aromatic rings. The molecule has 21 heavy (non-hydrogen) atoms. The molecule has 7 heteroatoms. The van der Waals surface area contributed by atoms with E-state index >= 15 is 0 Å². The zero-order chi connectivity index (χ0) is 15.2. The smallest absolute Gasteiger partial charge is 0.313 e. The third-order valence-corrected chi connectivity index (χ3v) is 5.74. The van der Waals surface area contributed by atoms with Gasteiger partial charge in [-0.15, -0.1) is 23.1 Å². The Labute approximate surface area is 132 Å². The zero-order valence-corrected chi connectivity index (χ0v) is 13.7. The highest BCUT2D eigenvalue weighted by Gasteiger charge is 2.23. The lowest BCUT2D eigenvalue weighted by atomic mass is 10.1. The molecule has 1 heterocycles. The van der Waals surface area contributed by atoms with E-state index in [0.717, 1.165) is 10.7 Å². The molecule has 0 spiro atoms. The topological polar surface area (TPSA) is 79.3 Å². The Hall–Kier alpha value is -1.08. The number of rotatable bonds is 7. The van der Waals surface area contributed by atoms with Crippen molar-refractivity contribution in [2.45, 2.75) is 38.5 Å². The fourth-order valence-corrected chi connectivity index (χ4v) is 4.17. The lowest BCUT2D eigenvalue weighted by Gasteiger charge is -2.03. The molecule has 5 nitrogen and oxygen atoms in total. The van der Waals surface area contributed by atoms with E-state index in [1.165, 1.54) is 48.8 Å². The SMILES string of the molecule is Cc1nc(C2CCCC2)sc1C(=O)NCCSCC(=O)O. The highest BCUT2D eigenvalue weighted by atomic mass is 32.2. The highest BCUT2D eigenvalue weighted by molar-refractivity contribution is 7.99. The van der Waals surface area contributed by atoms with Crippen LogP contribution < -0.4 is 5.32 Å². The van der Waals surface area contributed by atoms with E-state index in [0.29, 0.717) is 23.1 Å². The van der Waals surface area contributed by atoms with Crippen LogP contribution in [-0.4, -0.2) is 40.0 Å². The summed E-state index contributed by atoms with van der Waals surface area (Å²) in [6, 6.07) is 0. The first-order valence-electron chi connectivity index (χ1n) is 7.13. The van der Waals surface area contributed by atoms with Crippen molar-refractivity contribution in [1.82, 2.24) is 10.3 Å². The van der Waals surface area contributed by atoms with Gasteiger partial charge in [-0.05, 0) is 19.8 Å². The molecule has 0 saturated heterocycles. The van der Waals surface area contributed by atoms with Crippen molar-refractivity contribution in [3.63, 3.8) is 0 Å². The third kappa shape index (κ3) is 4.71. The quantitative estimate of drug-likeness (QED) is 0.752. The largest absolute Gasteiger partial charge is 0.481 e. The Morgan fingerprint density at radius 1 is 1.43 bits per heavy atom. The first-order valence-corrected chi connectivity index (χ1v) is 9.10. The van der Waals surface area contributed by atoms with Gasteiger partial charge in [0.25, 0.3) is 5.91 Å². The molecule has 0 bridgehead atoms. The van der Waals surface area contributed by atoms with Crippen LogP contribution in [0.1, 0.15) is 52.0 Å². The number of nitrogens with zero attached hydrogens (tertiary/aromatic N) is 1. The van der Waals surface area contributed by atoms with Crippen molar-refractivity contribution in [2.24, 2.45) is 0 Å². The number of hydrogen-bond donors (Lipinski definition) is 2. The standard InChI is InChI=1S/C14H20N2O3S2/c1-9-12(13(19)15-6-7-20-8-11(17)18)21-14(16-9)10-4-2-3-5-10/h10H,2-8H2,1H3,(H,15,19)(H,17,18). The van der Waals surface area contributed by atoms with Crippen LogP contribution >= 0.6 is 23.1 Å². The second-order valence-corrected chi connectivity index (χ2v) is 7.29. The average Bonchev–Trinajstić information content (AvgIpc) is 3.06. The molecular formula is C14H20N2O3S2. The number of carbonyl (C=O) groups excluding carboxylic acids is 1. The molecule has 1 aliphatic rings. The maximum absolute atomic E-state index is 12.1. The van der Waals surface area contributed by atoms with E-state index in [1.807, 2.05) is 6.92 Å². The molecule has 2 rings (SSSR count). The monoisotopic (exact) mass is 328 g/mol. The molecule has 2 N–H and O–H groups in total. The fraction of sp³-hybridized carbons (Fsp3) is 0.643. The zero-order valence-electron chi connectivity index (χ0n) is 12.1. The summed E-state index contributed by atoms with van der Waals surface area (Å²) in [5, 5.41) is 12.5. The number of aliphatic carboxylic acids is 1. The van der Waals surface area contributed by atoms with Gasteiger partial charge in [0.15, 0.2) is 0 Å². The van der Waals surface area contributed by atoms with Gasteiger partial charge in [-0.2, -0.15) is 0 Å². The number of hydrogen-bond acceptors (Lipinski definition) is 5. The molecule has 1 fully saturated rings. The van der Waals surface area contributed by atoms with Crippen molar-refractivity contribution in [1.29, 1.82) is 0 Å². The summed E-state index contributed by atoms with van der Waals surface area (Å²) in [5.74, 6) is 0.282. The summed E-state index contributed by atoms with van der Waals surface area (Å²) < 4.78 is 0. The third-order valence-electron chi connectivity index (χ3n) is 3.48.